The molecular weight excluding hydrogens is 384 g/mol. The van der Waals surface area contributed by atoms with Gasteiger partial charge in [-0.15, -0.1) is 0 Å². The topological polar surface area (TPSA) is 61.8 Å². The van der Waals surface area contributed by atoms with Gasteiger partial charge in [0.1, 0.15) is 5.60 Å². The third-order valence-corrected chi connectivity index (χ3v) is 11.0. The van der Waals surface area contributed by atoms with Crippen LogP contribution in [0.15, 0.2) is 12.2 Å². The van der Waals surface area contributed by atoms with Crippen LogP contribution in [0.25, 0.3) is 0 Å². The third-order valence-electron chi connectivity index (χ3n) is 10.0. The molecule has 0 radical (unpaired) electrons. The molecule has 2 spiro atoms. The highest BCUT2D eigenvalue weighted by atomic mass is 28.4. The summed E-state index contributed by atoms with van der Waals surface area (Å²) in [5.41, 5.74) is -0.229. The van der Waals surface area contributed by atoms with E-state index in [4.69, 9.17) is 13.9 Å². The van der Waals surface area contributed by atoms with E-state index < -0.39 is 19.3 Å². The van der Waals surface area contributed by atoms with Gasteiger partial charge in [0.25, 0.3) is 0 Å². The molecule has 7 fully saturated rings. The van der Waals surface area contributed by atoms with Crippen LogP contribution < -0.4 is 0 Å². The highest BCUT2D eigenvalue weighted by Gasteiger charge is 3.01. The molecule has 0 aromatic heterocycles. The van der Waals surface area contributed by atoms with Gasteiger partial charge in [0.2, 0.25) is 0 Å². The summed E-state index contributed by atoms with van der Waals surface area (Å²) in [4.78, 5) is 26.8. The van der Waals surface area contributed by atoms with Gasteiger partial charge in [-0.2, -0.15) is 0 Å². The van der Waals surface area contributed by atoms with E-state index in [0.717, 1.165) is 32.1 Å². The SMILES string of the molecule is C=C1C2CCC34C1[C@@]3(C2)[C@@H](C(=O)OC)[C@@H]1C2(C)C(=O)O[C@@]14CC[C@@H]2O[Si](C)(C)C. The molecule has 6 heteroatoms. The molecule has 7 rings (SSSR count). The van der Waals surface area contributed by atoms with Crippen molar-refractivity contribution in [1.82, 2.24) is 0 Å². The Hall–Kier alpha value is -1.14. The van der Waals surface area contributed by atoms with Crippen LogP contribution in [-0.2, 0) is 23.5 Å². The second-order valence-electron chi connectivity index (χ2n) is 11.8. The molecule has 9 atom stereocenters. The minimum Gasteiger partial charge on any atom is -0.469 e. The van der Waals surface area contributed by atoms with Gasteiger partial charge in [-0.3, -0.25) is 9.59 Å². The summed E-state index contributed by atoms with van der Waals surface area (Å²) < 4.78 is 18.4. The van der Waals surface area contributed by atoms with Crippen LogP contribution >= 0.6 is 0 Å². The lowest BCUT2D eigenvalue weighted by atomic mass is 9.54. The quantitative estimate of drug-likeness (QED) is 0.399. The zero-order chi connectivity index (χ0) is 20.8. The average Bonchev–Trinajstić information content (AvgIpc) is 3.02. The monoisotopic (exact) mass is 416 g/mol. The van der Waals surface area contributed by atoms with Crippen LogP contribution in [0.2, 0.25) is 19.6 Å². The number of ether oxygens (including phenoxy) is 2. The van der Waals surface area contributed by atoms with Gasteiger partial charge < -0.3 is 13.9 Å². The Morgan fingerprint density at radius 1 is 1.24 bits per heavy atom. The molecule has 1 aliphatic heterocycles. The van der Waals surface area contributed by atoms with Crippen LogP contribution in [-0.4, -0.2) is 39.1 Å². The maximum atomic E-state index is 13.5. The largest absolute Gasteiger partial charge is 0.469 e. The van der Waals surface area contributed by atoms with E-state index >= 15 is 0 Å². The summed E-state index contributed by atoms with van der Waals surface area (Å²) in [6, 6.07) is 0. The number of carbonyl (C=O) groups is 2. The molecule has 4 unspecified atom stereocenters. The number of allylic oxidation sites excluding steroid dienone is 1. The number of hydrogen-bond donors (Lipinski definition) is 0. The Balaban J connectivity index is 1.55. The van der Waals surface area contributed by atoms with E-state index in [9.17, 15) is 9.59 Å². The second kappa shape index (κ2) is 4.85. The normalized spacial score (nSPS) is 56.0. The number of hydrogen-bond acceptors (Lipinski definition) is 5. The van der Waals surface area contributed by atoms with Crippen molar-refractivity contribution in [2.75, 3.05) is 7.11 Å². The molecular formula is C23H32O5Si. The molecule has 6 saturated carbocycles. The number of carbonyl (C=O) groups excluding carboxylic acids is 2. The van der Waals surface area contributed by atoms with Gasteiger partial charge in [-0.1, -0.05) is 12.2 Å². The molecule has 1 heterocycles. The van der Waals surface area contributed by atoms with E-state index in [1.54, 1.807) is 0 Å². The first-order chi connectivity index (χ1) is 13.5. The van der Waals surface area contributed by atoms with Crippen molar-refractivity contribution in [3.8, 4) is 0 Å². The Labute approximate surface area is 173 Å². The molecule has 29 heavy (non-hydrogen) atoms. The van der Waals surface area contributed by atoms with Crippen molar-refractivity contribution in [2.45, 2.75) is 70.4 Å². The maximum absolute atomic E-state index is 13.5. The maximum Gasteiger partial charge on any atom is 0.315 e. The zero-order valence-electron chi connectivity index (χ0n) is 18.2. The summed E-state index contributed by atoms with van der Waals surface area (Å²) in [5, 5.41) is 0. The van der Waals surface area contributed by atoms with Gasteiger partial charge in [-0.05, 0) is 70.5 Å². The van der Waals surface area contributed by atoms with E-state index in [1.165, 1.54) is 12.7 Å². The fourth-order valence-corrected chi connectivity index (χ4v) is 10.8. The molecule has 0 N–H and O–H groups in total. The standard InChI is InChI=1S/C23H32O5Si/c1-12-13-7-9-22-16(12)21(22,11-13)15(18(24)26-3)17-20(2)14(28-29(4,5)6)8-10-23(17,22)27-19(20)25/h13-17H,1,7-11H2,2-6H3/t13?,14-,15+,16?,17+,20?,21+,22?,23-/m0/s1. The lowest BCUT2D eigenvalue weighted by Gasteiger charge is -2.50. The van der Waals surface area contributed by atoms with Crippen LogP contribution in [0.1, 0.15) is 39.0 Å². The van der Waals surface area contributed by atoms with Crippen molar-refractivity contribution in [3.05, 3.63) is 12.2 Å². The molecule has 6 aliphatic carbocycles. The van der Waals surface area contributed by atoms with Gasteiger partial charge in [0, 0.05) is 16.7 Å². The predicted octanol–water partition coefficient (Wildman–Crippen LogP) is 3.69. The fraction of sp³-hybridized carbons (Fsp3) is 0.826. The van der Waals surface area contributed by atoms with Crippen LogP contribution in [0, 0.1) is 39.9 Å². The van der Waals surface area contributed by atoms with Crippen LogP contribution in [0.3, 0.4) is 0 Å². The highest BCUT2D eigenvalue weighted by Crippen LogP contribution is 2.98. The van der Waals surface area contributed by atoms with Gasteiger partial charge in [0.05, 0.1) is 24.5 Å². The van der Waals surface area contributed by atoms with Crippen molar-refractivity contribution >= 4 is 20.3 Å². The predicted molar refractivity (Wildman–Crippen MR) is 108 cm³/mol. The van der Waals surface area contributed by atoms with E-state index in [0.29, 0.717) is 11.8 Å². The van der Waals surface area contributed by atoms with E-state index in [2.05, 4.69) is 26.2 Å². The van der Waals surface area contributed by atoms with E-state index in [1.807, 2.05) is 6.92 Å². The van der Waals surface area contributed by atoms with Crippen molar-refractivity contribution in [3.63, 3.8) is 0 Å². The number of fused-ring (bicyclic) bond motifs is 1. The van der Waals surface area contributed by atoms with Crippen LogP contribution in [0.4, 0.5) is 0 Å². The minimum atomic E-state index is -1.87. The summed E-state index contributed by atoms with van der Waals surface area (Å²) >= 11 is 0. The third kappa shape index (κ3) is 1.60. The van der Waals surface area contributed by atoms with Crippen molar-refractivity contribution in [2.24, 2.45) is 39.9 Å². The smallest absolute Gasteiger partial charge is 0.315 e. The summed E-state index contributed by atoms with van der Waals surface area (Å²) in [7, 11) is -0.378. The summed E-state index contributed by atoms with van der Waals surface area (Å²) in [6.07, 6.45) is 4.63. The Bertz CT molecular complexity index is 877. The fourth-order valence-electron chi connectivity index (χ4n) is 9.57. The van der Waals surface area contributed by atoms with Gasteiger partial charge >= 0.3 is 11.9 Å². The average molecular weight is 417 g/mol. The number of rotatable bonds is 3. The lowest BCUT2D eigenvalue weighted by molar-refractivity contribution is -0.161. The van der Waals surface area contributed by atoms with Gasteiger partial charge in [0.15, 0.2) is 8.32 Å². The molecule has 7 aliphatic rings. The first-order valence-corrected chi connectivity index (χ1v) is 14.6. The molecule has 1 saturated heterocycles. The minimum absolute atomic E-state index is 0.104. The molecule has 0 aromatic carbocycles. The summed E-state index contributed by atoms with van der Waals surface area (Å²) in [5.74, 6) is 0.0895. The lowest BCUT2D eigenvalue weighted by Crippen LogP contribution is -2.58. The van der Waals surface area contributed by atoms with E-state index in [-0.39, 0.29) is 40.7 Å². The second-order valence-corrected chi connectivity index (χ2v) is 16.2. The first kappa shape index (κ1) is 18.6. The molecule has 0 aromatic rings. The summed E-state index contributed by atoms with van der Waals surface area (Å²) in [6.45, 7) is 13.0. The molecule has 158 valence electrons. The van der Waals surface area contributed by atoms with Crippen LogP contribution in [0.5, 0.6) is 0 Å². The highest BCUT2D eigenvalue weighted by molar-refractivity contribution is 6.69. The zero-order valence-corrected chi connectivity index (χ0v) is 19.2. The Morgan fingerprint density at radius 2 is 1.97 bits per heavy atom. The Morgan fingerprint density at radius 3 is 2.62 bits per heavy atom. The van der Waals surface area contributed by atoms with Crippen molar-refractivity contribution in [1.29, 1.82) is 0 Å². The first-order valence-electron chi connectivity index (χ1n) is 11.2. The number of esters is 2. The molecule has 0 amide bonds. The Kier molecular flexibility index (Phi) is 3.11. The van der Waals surface area contributed by atoms with Crippen molar-refractivity contribution < 1.29 is 23.5 Å². The number of methoxy groups -OCH3 is 1. The molecule has 5 nitrogen and oxygen atoms in total. The molecule has 6 bridgehead atoms. The van der Waals surface area contributed by atoms with Gasteiger partial charge in [-0.25, -0.2) is 0 Å².